The Hall–Kier alpha value is -1.36. The van der Waals surface area contributed by atoms with E-state index in [0.29, 0.717) is 21.9 Å². The minimum atomic E-state index is -1.05. The van der Waals surface area contributed by atoms with Crippen LogP contribution in [0.15, 0.2) is 51.4 Å². The zero-order valence-corrected chi connectivity index (χ0v) is 12.5. The van der Waals surface area contributed by atoms with E-state index in [-0.39, 0.29) is 4.47 Å². The number of rotatable bonds is 2. The molecule has 20 heavy (non-hydrogen) atoms. The van der Waals surface area contributed by atoms with E-state index in [1.165, 1.54) is 12.1 Å². The summed E-state index contributed by atoms with van der Waals surface area (Å²) in [6, 6.07) is 11.4. The molecule has 1 N–H and O–H groups in total. The van der Waals surface area contributed by atoms with Crippen molar-refractivity contribution in [2.24, 2.45) is 0 Å². The molecular formula is C15H9BrClFO2. The summed E-state index contributed by atoms with van der Waals surface area (Å²) in [6.07, 6.45) is -1.05. The van der Waals surface area contributed by atoms with Crippen LogP contribution in [-0.4, -0.2) is 5.11 Å². The number of furan rings is 1. The maximum atomic E-state index is 13.5. The summed E-state index contributed by atoms with van der Waals surface area (Å²) < 4.78 is 19.3. The summed E-state index contributed by atoms with van der Waals surface area (Å²) in [7, 11) is 0. The zero-order chi connectivity index (χ0) is 14.3. The first-order chi connectivity index (χ1) is 9.56. The fraction of sp³-hybridized carbons (Fsp3) is 0.0667. The maximum absolute atomic E-state index is 13.5. The van der Waals surface area contributed by atoms with Crippen LogP contribution in [0.25, 0.3) is 11.0 Å². The van der Waals surface area contributed by atoms with Gasteiger partial charge in [0.1, 0.15) is 23.3 Å². The van der Waals surface area contributed by atoms with E-state index in [1.54, 1.807) is 30.3 Å². The summed E-state index contributed by atoms with van der Waals surface area (Å²) >= 11 is 9.05. The maximum Gasteiger partial charge on any atom is 0.138 e. The van der Waals surface area contributed by atoms with Crippen molar-refractivity contribution in [3.8, 4) is 0 Å². The molecule has 0 aliphatic rings. The highest BCUT2D eigenvalue weighted by molar-refractivity contribution is 9.10. The van der Waals surface area contributed by atoms with Crippen molar-refractivity contribution in [1.29, 1.82) is 0 Å². The van der Waals surface area contributed by atoms with Crippen molar-refractivity contribution >= 4 is 38.5 Å². The van der Waals surface area contributed by atoms with E-state index >= 15 is 0 Å². The lowest BCUT2D eigenvalue weighted by Gasteiger charge is -2.10. The highest BCUT2D eigenvalue weighted by Gasteiger charge is 2.19. The van der Waals surface area contributed by atoms with Gasteiger partial charge in [-0.2, -0.15) is 0 Å². The molecule has 0 radical (unpaired) electrons. The third kappa shape index (κ3) is 2.35. The summed E-state index contributed by atoms with van der Waals surface area (Å²) in [6.45, 7) is 0. The van der Waals surface area contributed by atoms with Crippen LogP contribution >= 0.6 is 27.5 Å². The van der Waals surface area contributed by atoms with Gasteiger partial charge in [0.05, 0.1) is 4.47 Å². The van der Waals surface area contributed by atoms with Crippen LogP contribution in [0.5, 0.6) is 0 Å². The third-order valence-corrected chi connectivity index (χ3v) is 4.11. The molecule has 0 spiro atoms. The predicted octanol–water partition coefficient (Wildman–Crippen LogP) is 5.07. The number of aliphatic hydroxyl groups excluding tert-OH is 1. The molecule has 5 heteroatoms. The van der Waals surface area contributed by atoms with Crippen LogP contribution in [0.2, 0.25) is 5.02 Å². The number of hydrogen-bond acceptors (Lipinski definition) is 2. The Balaban J connectivity index is 2.08. The van der Waals surface area contributed by atoms with Crippen molar-refractivity contribution < 1.29 is 13.9 Å². The molecule has 1 atom stereocenters. The highest BCUT2D eigenvalue weighted by Crippen LogP contribution is 2.33. The second-order valence-electron chi connectivity index (χ2n) is 4.38. The Labute approximate surface area is 127 Å². The van der Waals surface area contributed by atoms with E-state index < -0.39 is 11.9 Å². The fourth-order valence-corrected chi connectivity index (χ4v) is 2.72. The van der Waals surface area contributed by atoms with Crippen LogP contribution in [-0.2, 0) is 0 Å². The largest absolute Gasteiger partial charge is 0.458 e. The molecule has 2 aromatic carbocycles. The standard InChI is InChI=1S/C15H9BrClFO2/c16-14-10(2-1-3-11(14)18)15(19)13-7-8-6-9(17)4-5-12(8)20-13/h1-7,15,19H. The van der Waals surface area contributed by atoms with Crippen molar-refractivity contribution in [1.82, 2.24) is 0 Å². The Morgan fingerprint density at radius 1 is 1.20 bits per heavy atom. The molecule has 3 rings (SSSR count). The van der Waals surface area contributed by atoms with E-state index in [4.69, 9.17) is 16.0 Å². The molecule has 3 aromatic rings. The van der Waals surface area contributed by atoms with Crippen LogP contribution in [0, 0.1) is 5.82 Å². The molecule has 0 saturated carbocycles. The smallest absolute Gasteiger partial charge is 0.138 e. The van der Waals surface area contributed by atoms with E-state index in [2.05, 4.69) is 15.9 Å². The summed E-state index contributed by atoms with van der Waals surface area (Å²) in [5.74, 6) is -0.0886. The van der Waals surface area contributed by atoms with Crippen LogP contribution in [0.3, 0.4) is 0 Å². The van der Waals surface area contributed by atoms with Crippen LogP contribution in [0.4, 0.5) is 4.39 Å². The second-order valence-corrected chi connectivity index (χ2v) is 5.61. The Morgan fingerprint density at radius 2 is 2.00 bits per heavy atom. The molecule has 0 amide bonds. The van der Waals surface area contributed by atoms with Gasteiger partial charge in [-0.3, -0.25) is 0 Å². The monoisotopic (exact) mass is 354 g/mol. The number of halogens is 3. The van der Waals surface area contributed by atoms with Gasteiger partial charge in [-0.05, 0) is 46.3 Å². The lowest BCUT2D eigenvalue weighted by molar-refractivity contribution is 0.191. The molecule has 0 saturated heterocycles. The Morgan fingerprint density at radius 3 is 2.80 bits per heavy atom. The van der Waals surface area contributed by atoms with Crippen molar-refractivity contribution in [2.75, 3.05) is 0 Å². The lowest BCUT2D eigenvalue weighted by atomic mass is 10.1. The highest BCUT2D eigenvalue weighted by atomic mass is 79.9. The van der Waals surface area contributed by atoms with E-state index in [1.807, 2.05) is 0 Å². The normalized spacial score (nSPS) is 12.8. The SMILES string of the molecule is OC(c1cc2cc(Cl)ccc2o1)c1cccc(F)c1Br. The molecule has 1 aromatic heterocycles. The molecular weight excluding hydrogens is 347 g/mol. The average molecular weight is 356 g/mol. The number of fused-ring (bicyclic) bond motifs is 1. The van der Waals surface area contributed by atoms with Gasteiger partial charge >= 0.3 is 0 Å². The van der Waals surface area contributed by atoms with E-state index in [9.17, 15) is 9.50 Å². The van der Waals surface area contributed by atoms with Crippen LogP contribution < -0.4 is 0 Å². The summed E-state index contributed by atoms with van der Waals surface area (Å²) in [4.78, 5) is 0. The van der Waals surface area contributed by atoms with Gasteiger partial charge in [0, 0.05) is 16.0 Å². The molecule has 0 fully saturated rings. The van der Waals surface area contributed by atoms with Crippen molar-refractivity contribution in [2.45, 2.75) is 6.10 Å². The number of hydrogen-bond donors (Lipinski definition) is 1. The van der Waals surface area contributed by atoms with E-state index in [0.717, 1.165) is 5.39 Å². The first-order valence-electron chi connectivity index (χ1n) is 5.87. The van der Waals surface area contributed by atoms with Gasteiger partial charge in [0.25, 0.3) is 0 Å². The third-order valence-electron chi connectivity index (χ3n) is 3.04. The number of aliphatic hydroxyl groups is 1. The minimum Gasteiger partial charge on any atom is -0.458 e. The molecule has 0 aliphatic heterocycles. The molecule has 102 valence electrons. The quantitative estimate of drug-likeness (QED) is 0.696. The van der Waals surface area contributed by atoms with Gasteiger partial charge in [-0.25, -0.2) is 4.39 Å². The molecule has 0 aliphatic carbocycles. The fourth-order valence-electron chi connectivity index (χ4n) is 2.05. The topological polar surface area (TPSA) is 33.4 Å². The first kappa shape index (κ1) is 13.6. The lowest BCUT2D eigenvalue weighted by Crippen LogP contribution is -2.00. The van der Waals surface area contributed by atoms with Gasteiger partial charge in [-0.15, -0.1) is 0 Å². The molecule has 2 nitrogen and oxygen atoms in total. The Bertz CT molecular complexity index is 785. The summed E-state index contributed by atoms with van der Waals surface area (Å²) in [5, 5.41) is 11.7. The predicted molar refractivity (Wildman–Crippen MR) is 79.4 cm³/mol. The zero-order valence-electron chi connectivity index (χ0n) is 10.1. The Kier molecular flexibility index (Phi) is 3.54. The molecule has 1 heterocycles. The molecule has 0 bridgehead atoms. The second kappa shape index (κ2) is 5.20. The van der Waals surface area contributed by atoms with Gasteiger partial charge < -0.3 is 9.52 Å². The first-order valence-corrected chi connectivity index (χ1v) is 7.04. The van der Waals surface area contributed by atoms with Gasteiger partial charge in [0.2, 0.25) is 0 Å². The number of benzene rings is 2. The molecule has 1 unspecified atom stereocenters. The van der Waals surface area contributed by atoms with Gasteiger partial charge in [0.15, 0.2) is 0 Å². The van der Waals surface area contributed by atoms with Gasteiger partial charge in [-0.1, -0.05) is 23.7 Å². The minimum absolute atomic E-state index is 0.228. The van der Waals surface area contributed by atoms with Crippen LogP contribution in [0.1, 0.15) is 17.4 Å². The van der Waals surface area contributed by atoms with Crippen molar-refractivity contribution in [3.63, 3.8) is 0 Å². The average Bonchev–Trinajstić information content (AvgIpc) is 2.84. The summed E-state index contributed by atoms with van der Waals surface area (Å²) in [5.41, 5.74) is 1.03. The van der Waals surface area contributed by atoms with Crippen molar-refractivity contribution in [3.05, 3.63) is 69.1 Å².